The van der Waals surface area contributed by atoms with Crippen LogP contribution in [0.1, 0.15) is 47.2 Å². The number of rotatable bonds is 6. The first kappa shape index (κ1) is 14.2. The van der Waals surface area contributed by atoms with Crippen LogP contribution in [-0.2, 0) is 4.79 Å². The Morgan fingerprint density at radius 3 is 2.35 bits per heavy atom. The van der Waals surface area contributed by atoms with E-state index in [0.717, 1.165) is 24.7 Å². The Balaban J connectivity index is 2.42. The summed E-state index contributed by atoms with van der Waals surface area (Å²) in [5.74, 6) is -0.229. The summed E-state index contributed by atoms with van der Waals surface area (Å²) in [7, 11) is 0. The molecule has 1 atom stereocenters. The van der Waals surface area contributed by atoms with E-state index >= 15 is 0 Å². The van der Waals surface area contributed by atoms with Crippen LogP contribution in [0.2, 0.25) is 0 Å². The molecule has 0 aliphatic carbocycles. The number of hydrogen-bond acceptors (Lipinski definition) is 2. The number of aldehydes is 1. The zero-order valence-corrected chi connectivity index (χ0v) is 11.6. The van der Waals surface area contributed by atoms with Gasteiger partial charge in [-0.3, -0.25) is 4.79 Å². The summed E-state index contributed by atoms with van der Waals surface area (Å²) in [6, 6.07) is 16.6. The molecule has 2 aromatic rings. The van der Waals surface area contributed by atoms with E-state index in [1.807, 2.05) is 43.3 Å². The van der Waals surface area contributed by atoms with Crippen molar-refractivity contribution in [3.05, 3.63) is 71.3 Å². The average molecular weight is 266 g/mol. The maximum absolute atomic E-state index is 12.6. The molecule has 0 saturated heterocycles. The van der Waals surface area contributed by atoms with Gasteiger partial charge in [0.2, 0.25) is 0 Å². The van der Waals surface area contributed by atoms with Gasteiger partial charge in [-0.05, 0) is 12.0 Å². The molecule has 0 aliphatic rings. The molecule has 0 spiro atoms. The number of ketones is 1. The van der Waals surface area contributed by atoms with Crippen molar-refractivity contribution < 1.29 is 9.59 Å². The van der Waals surface area contributed by atoms with Gasteiger partial charge in [-0.25, -0.2) is 0 Å². The lowest BCUT2D eigenvalue weighted by Crippen LogP contribution is -2.10. The quantitative estimate of drug-likeness (QED) is 0.585. The van der Waals surface area contributed by atoms with Crippen molar-refractivity contribution in [2.24, 2.45) is 0 Å². The van der Waals surface area contributed by atoms with Crippen LogP contribution in [0.4, 0.5) is 0 Å². The van der Waals surface area contributed by atoms with E-state index in [-0.39, 0.29) is 11.7 Å². The molecule has 0 N–H and O–H groups in total. The Morgan fingerprint density at radius 2 is 1.70 bits per heavy atom. The zero-order chi connectivity index (χ0) is 14.4. The number of hydrogen-bond donors (Lipinski definition) is 0. The minimum absolute atomic E-state index is 0.0239. The van der Waals surface area contributed by atoms with Crippen LogP contribution in [0.3, 0.4) is 0 Å². The highest BCUT2D eigenvalue weighted by Crippen LogP contribution is 2.25. The van der Waals surface area contributed by atoms with Crippen molar-refractivity contribution in [1.29, 1.82) is 0 Å². The molecule has 20 heavy (non-hydrogen) atoms. The van der Waals surface area contributed by atoms with Crippen molar-refractivity contribution in [3.63, 3.8) is 0 Å². The normalized spacial score (nSPS) is 11.8. The van der Waals surface area contributed by atoms with Gasteiger partial charge >= 0.3 is 0 Å². The minimum Gasteiger partial charge on any atom is -0.303 e. The molecule has 0 radical (unpaired) electrons. The molecule has 2 rings (SSSR count). The summed E-state index contributed by atoms with van der Waals surface area (Å²) in [4.78, 5) is 23.9. The van der Waals surface area contributed by atoms with E-state index in [0.29, 0.717) is 11.1 Å². The summed E-state index contributed by atoms with van der Waals surface area (Å²) in [6.07, 6.45) is 2.63. The van der Waals surface area contributed by atoms with Gasteiger partial charge in [0.25, 0.3) is 0 Å². The molecule has 102 valence electrons. The van der Waals surface area contributed by atoms with Crippen LogP contribution in [0.15, 0.2) is 54.6 Å². The molecule has 2 nitrogen and oxygen atoms in total. The Labute approximate surface area is 119 Å². The predicted octanol–water partition coefficient (Wildman–Crippen LogP) is 4.00. The summed E-state index contributed by atoms with van der Waals surface area (Å²) in [5.41, 5.74) is 2.11. The smallest absolute Gasteiger partial charge is 0.193 e. The largest absolute Gasteiger partial charge is 0.303 e. The van der Waals surface area contributed by atoms with E-state index < -0.39 is 0 Å². The van der Waals surface area contributed by atoms with E-state index in [9.17, 15) is 9.59 Å². The maximum atomic E-state index is 12.6. The van der Waals surface area contributed by atoms with Crippen molar-refractivity contribution in [2.45, 2.75) is 25.7 Å². The highest BCUT2D eigenvalue weighted by atomic mass is 16.1. The monoisotopic (exact) mass is 266 g/mol. The third-order valence-corrected chi connectivity index (χ3v) is 3.40. The molecule has 0 fully saturated rings. The third-order valence-electron chi connectivity index (χ3n) is 3.40. The van der Waals surface area contributed by atoms with E-state index in [1.165, 1.54) is 0 Å². The summed E-state index contributed by atoms with van der Waals surface area (Å²) >= 11 is 0. The Bertz CT molecular complexity index is 587. The lowest BCUT2D eigenvalue weighted by Gasteiger charge is -2.14. The van der Waals surface area contributed by atoms with Crippen molar-refractivity contribution in [2.75, 3.05) is 0 Å². The van der Waals surface area contributed by atoms with Crippen molar-refractivity contribution in [1.82, 2.24) is 0 Å². The third kappa shape index (κ3) is 3.02. The summed E-state index contributed by atoms with van der Waals surface area (Å²) < 4.78 is 0. The number of carbonyl (C=O) groups excluding carboxylic acids is 2. The summed E-state index contributed by atoms with van der Waals surface area (Å²) in [5, 5.41) is 0. The Morgan fingerprint density at radius 1 is 1.05 bits per heavy atom. The lowest BCUT2D eigenvalue weighted by molar-refractivity contribution is -0.109. The van der Waals surface area contributed by atoms with E-state index in [2.05, 4.69) is 0 Å². The van der Waals surface area contributed by atoms with Gasteiger partial charge < -0.3 is 4.79 Å². The first-order chi connectivity index (χ1) is 9.77. The van der Waals surface area contributed by atoms with Crippen LogP contribution in [0.25, 0.3) is 0 Å². The first-order valence-electron chi connectivity index (χ1n) is 6.92. The van der Waals surface area contributed by atoms with Gasteiger partial charge in [-0.2, -0.15) is 0 Å². The molecule has 2 heteroatoms. The molecular formula is C18H18O2. The molecule has 0 bridgehead atoms. The second-order valence-electron chi connectivity index (χ2n) is 4.81. The van der Waals surface area contributed by atoms with Gasteiger partial charge in [0, 0.05) is 17.0 Å². The van der Waals surface area contributed by atoms with Gasteiger partial charge in [0.1, 0.15) is 6.29 Å². The molecule has 0 heterocycles. The zero-order valence-electron chi connectivity index (χ0n) is 11.6. The molecule has 0 amide bonds. The van der Waals surface area contributed by atoms with E-state index in [4.69, 9.17) is 0 Å². The second kappa shape index (κ2) is 6.80. The minimum atomic E-state index is -0.205. The highest BCUT2D eigenvalue weighted by Gasteiger charge is 2.18. The van der Waals surface area contributed by atoms with Crippen LogP contribution < -0.4 is 0 Å². The molecule has 0 saturated carbocycles. The van der Waals surface area contributed by atoms with Crippen LogP contribution in [-0.4, -0.2) is 12.1 Å². The Hall–Kier alpha value is -2.22. The molecular weight excluding hydrogens is 248 g/mol. The number of benzene rings is 2. The average Bonchev–Trinajstić information content (AvgIpc) is 2.53. The second-order valence-corrected chi connectivity index (χ2v) is 4.81. The molecule has 0 aliphatic heterocycles. The van der Waals surface area contributed by atoms with Gasteiger partial charge in [-0.1, -0.05) is 67.9 Å². The van der Waals surface area contributed by atoms with Crippen LogP contribution in [0.5, 0.6) is 0 Å². The van der Waals surface area contributed by atoms with Gasteiger partial charge in [0.05, 0.1) is 0 Å². The van der Waals surface area contributed by atoms with Crippen LogP contribution in [0, 0.1) is 0 Å². The first-order valence-corrected chi connectivity index (χ1v) is 6.92. The fourth-order valence-corrected chi connectivity index (χ4v) is 2.38. The predicted molar refractivity (Wildman–Crippen MR) is 80.0 cm³/mol. The Kier molecular flexibility index (Phi) is 4.83. The van der Waals surface area contributed by atoms with E-state index in [1.54, 1.807) is 18.2 Å². The molecule has 2 aromatic carbocycles. The summed E-state index contributed by atoms with van der Waals surface area (Å²) in [6.45, 7) is 2.04. The maximum Gasteiger partial charge on any atom is 0.193 e. The molecule has 1 unspecified atom stereocenters. The van der Waals surface area contributed by atoms with Crippen LogP contribution >= 0.6 is 0 Å². The SMILES string of the molecule is CCCC(C=O)c1ccccc1C(=O)c1ccccc1. The van der Waals surface area contributed by atoms with Crippen molar-refractivity contribution >= 4 is 12.1 Å². The van der Waals surface area contributed by atoms with Gasteiger partial charge in [-0.15, -0.1) is 0 Å². The lowest BCUT2D eigenvalue weighted by atomic mass is 9.88. The number of carbonyl (C=O) groups is 2. The fourth-order valence-electron chi connectivity index (χ4n) is 2.38. The highest BCUT2D eigenvalue weighted by molar-refractivity contribution is 6.10. The standard InChI is InChI=1S/C18H18O2/c1-2-8-15(13-19)16-11-6-7-12-17(16)18(20)14-9-4-3-5-10-14/h3-7,9-13,15H,2,8H2,1H3. The van der Waals surface area contributed by atoms with Gasteiger partial charge in [0.15, 0.2) is 5.78 Å². The van der Waals surface area contributed by atoms with Crippen molar-refractivity contribution in [3.8, 4) is 0 Å². The molecule has 0 aromatic heterocycles. The fraction of sp³-hybridized carbons (Fsp3) is 0.222. The topological polar surface area (TPSA) is 34.1 Å².